The molecule has 24 heavy (non-hydrogen) atoms. The summed E-state index contributed by atoms with van der Waals surface area (Å²) < 4.78 is 0. The predicted molar refractivity (Wildman–Crippen MR) is 93.3 cm³/mol. The summed E-state index contributed by atoms with van der Waals surface area (Å²) in [5.74, 6) is 0. The number of aromatic amines is 1. The van der Waals surface area contributed by atoms with Gasteiger partial charge in [0, 0.05) is 42.6 Å². The standard InChI is InChI=1S/C19H20N4O/c20-16-4-2-13-11-14(1-3-15(13)16)18-17(7-10-24)22-23-19(18)12-5-8-21-9-6-12/h1,3,5-6,8-9,11,16,24H,2,4,7,10,20H2,(H,22,23). The molecule has 0 saturated heterocycles. The van der Waals surface area contributed by atoms with Crippen molar-refractivity contribution in [3.8, 4) is 22.4 Å². The van der Waals surface area contributed by atoms with Gasteiger partial charge in [-0.1, -0.05) is 18.2 Å². The summed E-state index contributed by atoms with van der Waals surface area (Å²) in [5.41, 5.74) is 13.8. The van der Waals surface area contributed by atoms with Gasteiger partial charge < -0.3 is 10.8 Å². The van der Waals surface area contributed by atoms with Crippen LogP contribution in [0.4, 0.5) is 0 Å². The van der Waals surface area contributed by atoms with E-state index in [2.05, 4.69) is 33.4 Å². The Morgan fingerprint density at radius 3 is 2.79 bits per heavy atom. The summed E-state index contributed by atoms with van der Waals surface area (Å²) in [5, 5.41) is 17.0. The number of aromatic nitrogens is 3. The number of aliphatic hydroxyl groups is 1. The fourth-order valence-corrected chi connectivity index (χ4v) is 3.51. The van der Waals surface area contributed by atoms with Gasteiger partial charge in [0.25, 0.3) is 0 Å². The van der Waals surface area contributed by atoms with Crippen LogP contribution < -0.4 is 5.73 Å². The fourth-order valence-electron chi connectivity index (χ4n) is 3.51. The number of nitrogens with two attached hydrogens (primary N) is 1. The van der Waals surface area contributed by atoms with E-state index in [0.29, 0.717) is 6.42 Å². The summed E-state index contributed by atoms with van der Waals surface area (Å²) in [6.45, 7) is 0.0729. The topological polar surface area (TPSA) is 87.8 Å². The van der Waals surface area contributed by atoms with Crippen LogP contribution in [0.1, 0.15) is 29.3 Å². The minimum absolute atomic E-state index is 0.0729. The lowest BCUT2D eigenvalue weighted by molar-refractivity contribution is 0.298. The van der Waals surface area contributed by atoms with Crippen LogP contribution in [-0.4, -0.2) is 26.9 Å². The lowest BCUT2D eigenvalue weighted by Crippen LogP contribution is -2.04. The van der Waals surface area contributed by atoms with Crippen LogP contribution in [0.3, 0.4) is 0 Å². The number of hydrogen-bond donors (Lipinski definition) is 3. The number of fused-ring (bicyclic) bond motifs is 1. The maximum absolute atomic E-state index is 9.38. The van der Waals surface area contributed by atoms with E-state index in [-0.39, 0.29) is 12.6 Å². The molecule has 1 atom stereocenters. The second kappa shape index (κ2) is 6.19. The van der Waals surface area contributed by atoms with Crippen LogP contribution in [-0.2, 0) is 12.8 Å². The quantitative estimate of drug-likeness (QED) is 0.689. The maximum Gasteiger partial charge on any atom is 0.0732 e. The number of aliphatic hydroxyl groups excluding tert-OH is 1. The summed E-state index contributed by atoms with van der Waals surface area (Å²) in [7, 11) is 0. The van der Waals surface area contributed by atoms with Gasteiger partial charge in [0.1, 0.15) is 0 Å². The number of rotatable bonds is 4. The maximum atomic E-state index is 9.38. The third-order valence-corrected chi connectivity index (χ3v) is 4.71. The first-order valence-corrected chi connectivity index (χ1v) is 8.25. The highest BCUT2D eigenvalue weighted by Crippen LogP contribution is 2.37. The van der Waals surface area contributed by atoms with Gasteiger partial charge in [0.2, 0.25) is 0 Å². The second-order valence-electron chi connectivity index (χ2n) is 6.19. The molecule has 1 aromatic carbocycles. The predicted octanol–water partition coefficient (Wildman–Crippen LogP) is 2.62. The van der Waals surface area contributed by atoms with Gasteiger partial charge in [-0.3, -0.25) is 10.1 Å². The Morgan fingerprint density at radius 1 is 1.17 bits per heavy atom. The summed E-state index contributed by atoms with van der Waals surface area (Å²) in [4.78, 5) is 4.08. The smallest absolute Gasteiger partial charge is 0.0732 e. The van der Waals surface area contributed by atoms with Crippen LogP contribution in [0.25, 0.3) is 22.4 Å². The van der Waals surface area contributed by atoms with Crippen molar-refractivity contribution in [3.05, 3.63) is 59.5 Å². The van der Waals surface area contributed by atoms with Gasteiger partial charge in [0.05, 0.1) is 11.4 Å². The fraction of sp³-hybridized carbons (Fsp3) is 0.263. The van der Waals surface area contributed by atoms with E-state index in [1.807, 2.05) is 12.1 Å². The number of H-pyrrole nitrogens is 1. The van der Waals surface area contributed by atoms with E-state index in [1.165, 1.54) is 11.1 Å². The van der Waals surface area contributed by atoms with E-state index in [1.54, 1.807) is 12.4 Å². The zero-order valence-corrected chi connectivity index (χ0v) is 13.4. The number of hydrogen-bond acceptors (Lipinski definition) is 4. The summed E-state index contributed by atoms with van der Waals surface area (Å²) in [6, 6.07) is 10.5. The molecule has 0 fully saturated rings. The molecule has 1 aliphatic carbocycles. The SMILES string of the molecule is NC1CCc2cc(-c3c(CCO)n[nH]c3-c3ccncc3)ccc21. The van der Waals surface area contributed by atoms with Crippen molar-refractivity contribution >= 4 is 0 Å². The Labute approximate surface area is 140 Å². The van der Waals surface area contributed by atoms with Gasteiger partial charge in [-0.25, -0.2) is 0 Å². The number of pyridine rings is 1. The minimum Gasteiger partial charge on any atom is -0.396 e. The molecule has 4 rings (SSSR count). The largest absolute Gasteiger partial charge is 0.396 e. The number of nitrogens with zero attached hydrogens (tertiary/aromatic N) is 2. The van der Waals surface area contributed by atoms with Crippen molar-refractivity contribution in [1.29, 1.82) is 0 Å². The van der Waals surface area contributed by atoms with Crippen LogP contribution >= 0.6 is 0 Å². The van der Waals surface area contributed by atoms with Crippen molar-refractivity contribution in [2.24, 2.45) is 5.73 Å². The Balaban J connectivity index is 1.86. The molecule has 1 unspecified atom stereocenters. The van der Waals surface area contributed by atoms with Gasteiger partial charge in [-0.05, 0) is 41.7 Å². The second-order valence-corrected chi connectivity index (χ2v) is 6.19. The van der Waals surface area contributed by atoms with Gasteiger partial charge >= 0.3 is 0 Å². The molecule has 3 aromatic rings. The zero-order valence-electron chi connectivity index (χ0n) is 13.4. The molecule has 0 spiro atoms. The van der Waals surface area contributed by atoms with Crippen molar-refractivity contribution in [1.82, 2.24) is 15.2 Å². The molecule has 0 bridgehead atoms. The molecule has 5 nitrogen and oxygen atoms in total. The van der Waals surface area contributed by atoms with Gasteiger partial charge in [-0.15, -0.1) is 0 Å². The third kappa shape index (κ3) is 2.52. The minimum atomic E-state index is 0.0729. The lowest BCUT2D eigenvalue weighted by Gasteiger charge is -2.10. The van der Waals surface area contributed by atoms with Crippen molar-refractivity contribution in [3.63, 3.8) is 0 Å². The van der Waals surface area contributed by atoms with Crippen LogP contribution in [0.5, 0.6) is 0 Å². The molecule has 5 heteroatoms. The number of nitrogens with one attached hydrogen (secondary N) is 1. The number of aryl methyl sites for hydroxylation is 1. The van der Waals surface area contributed by atoms with Crippen LogP contribution in [0.15, 0.2) is 42.7 Å². The van der Waals surface area contributed by atoms with E-state index < -0.39 is 0 Å². The van der Waals surface area contributed by atoms with Gasteiger partial charge in [-0.2, -0.15) is 5.10 Å². The first-order valence-electron chi connectivity index (χ1n) is 8.25. The average molecular weight is 320 g/mol. The highest BCUT2D eigenvalue weighted by molar-refractivity contribution is 5.83. The Morgan fingerprint density at radius 2 is 2.00 bits per heavy atom. The third-order valence-electron chi connectivity index (χ3n) is 4.71. The molecular formula is C19H20N4O. The normalized spacial score (nSPS) is 16.3. The molecule has 4 N–H and O–H groups in total. The monoisotopic (exact) mass is 320 g/mol. The van der Waals surface area contributed by atoms with Crippen molar-refractivity contribution in [2.75, 3.05) is 6.61 Å². The molecule has 1 aliphatic rings. The lowest BCUT2D eigenvalue weighted by atomic mass is 9.95. The Kier molecular flexibility index (Phi) is 3.88. The summed E-state index contributed by atoms with van der Waals surface area (Å²) >= 11 is 0. The molecule has 0 aliphatic heterocycles. The first kappa shape index (κ1) is 15.1. The highest BCUT2D eigenvalue weighted by atomic mass is 16.3. The molecule has 0 amide bonds. The highest BCUT2D eigenvalue weighted by Gasteiger charge is 2.22. The Hall–Kier alpha value is -2.50. The average Bonchev–Trinajstić information content (AvgIpc) is 3.20. The Bertz CT molecular complexity index is 857. The van der Waals surface area contributed by atoms with Gasteiger partial charge in [0.15, 0.2) is 0 Å². The molecule has 122 valence electrons. The molecular weight excluding hydrogens is 300 g/mol. The van der Waals surface area contributed by atoms with Crippen LogP contribution in [0.2, 0.25) is 0 Å². The van der Waals surface area contributed by atoms with E-state index >= 15 is 0 Å². The molecule has 0 saturated carbocycles. The van der Waals surface area contributed by atoms with E-state index in [0.717, 1.165) is 40.9 Å². The number of benzene rings is 1. The molecule has 0 radical (unpaired) electrons. The van der Waals surface area contributed by atoms with Crippen molar-refractivity contribution in [2.45, 2.75) is 25.3 Å². The van der Waals surface area contributed by atoms with E-state index in [4.69, 9.17) is 5.73 Å². The first-order chi connectivity index (χ1) is 11.8. The van der Waals surface area contributed by atoms with Crippen LogP contribution in [0, 0.1) is 0 Å². The molecule has 2 aromatic heterocycles. The summed E-state index contributed by atoms with van der Waals surface area (Å²) in [6.07, 6.45) is 6.08. The molecule has 2 heterocycles. The zero-order chi connectivity index (χ0) is 16.5. The van der Waals surface area contributed by atoms with Crippen molar-refractivity contribution < 1.29 is 5.11 Å². The van der Waals surface area contributed by atoms with E-state index in [9.17, 15) is 5.11 Å².